The van der Waals surface area contributed by atoms with E-state index in [9.17, 15) is 4.79 Å². The molecule has 0 saturated carbocycles. The fourth-order valence-electron chi connectivity index (χ4n) is 1.77. The minimum absolute atomic E-state index is 0.0999. The Labute approximate surface area is 125 Å². The van der Waals surface area contributed by atoms with Gasteiger partial charge in [0.15, 0.2) is 0 Å². The van der Waals surface area contributed by atoms with E-state index in [4.69, 9.17) is 0 Å². The Hall–Kier alpha value is -2.68. The van der Waals surface area contributed by atoms with Gasteiger partial charge >= 0.3 is 0 Å². The van der Waals surface area contributed by atoms with Crippen LogP contribution in [0.15, 0.2) is 72.9 Å². The summed E-state index contributed by atoms with van der Waals surface area (Å²) in [6.07, 6.45) is 1.73. The van der Waals surface area contributed by atoms with Crippen molar-refractivity contribution in [1.29, 1.82) is 0 Å². The summed E-state index contributed by atoms with van der Waals surface area (Å²) in [4.78, 5) is 16.4. The second kappa shape index (κ2) is 7.80. The predicted octanol–water partition coefficient (Wildman–Crippen LogP) is 3.44. The van der Waals surface area contributed by atoms with Crippen molar-refractivity contribution < 1.29 is 4.79 Å². The summed E-state index contributed by atoms with van der Waals surface area (Å²) in [6.45, 7) is 2.41. The fraction of sp³-hybridized carbons (Fsp3) is 0.111. The largest absolute Gasteiger partial charge is 0.348 e. The van der Waals surface area contributed by atoms with E-state index in [1.807, 2.05) is 61.5 Å². The highest BCUT2D eigenvalue weighted by Gasteiger charge is 2.02. The molecule has 0 bridgehead atoms. The van der Waals surface area contributed by atoms with Crippen molar-refractivity contribution in [3.63, 3.8) is 0 Å². The number of hydrogen-bond donors (Lipinski definition) is 1. The zero-order valence-corrected chi connectivity index (χ0v) is 12.0. The van der Waals surface area contributed by atoms with Crippen LogP contribution in [0.25, 0.3) is 0 Å². The van der Waals surface area contributed by atoms with Crippen LogP contribution in [0.2, 0.25) is 0 Å². The second-order valence-corrected chi connectivity index (χ2v) is 4.62. The first-order chi connectivity index (χ1) is 10.3. The molecule has 1 amide bonds. The Kier molecular flexibility index (Phi) is 5.47. The predicted molar refractivity (Wildman–Crippen MR) is 84.2 cm³/mol. The molecule has 1 aromatic heterocycles. The van der Waals surface area contributed by atoms with E-state index in [0.29, 0.717) is 12.1 Å². The van der Waals surface area contributed by atoms with Gasteiger partial charge in [-0.25, -0.2) is 0 Å². The van der Waals surface area contributed by atoms with Gasteiger partial charge in [0.2, 0.25) is 0 Å². The third-order valence-electron chi connectivity index (χ3n) is 2.92. The maximum atomic E-state index is 12.2. The van der Waals surface area contributed by atoms with Gasteiger partial charge in [-0.05, 0) is 36.8 Å². The van der Waals surface area contributed by atoms with Gasteiger partial charge in [0.1, 0.15) is 0 Å². The first kappa shape index (κ1) is 14.7. The molecule has 0 unspecified atom stereocenters. The van der Waals surface area contributed by atoms with Crippen LogP contribution >= 0.6 is 0 Å². The molecule has 0 aliphatic carbocycles. The van der Waals surface area contributed by atoms with Gasteiger partial charge < -0.3 is 5.32 Å². The molecule has 0 atom stereocenters. The lowest BCUT2D eigenvalue weighted by Crippen LogP contribution is -2.22. The molecule has 1 N–H and O–H groups in total. The Morgan fingerprint density at radius 1 is 0.952 bits per heavy atom. The van der Waals surface area contributed by atoms with E-state index < -0.39 is 0 Å². The molecule has 0 fully saturated rings. The van der Waals surface area contributed by atoms with Crippen molar-refractivity contribution in [3.05, 3.63) is 89.7 Å². The number of aryl methyl sites for hydroxylation is 1. The molecule has 1 heterocycles. The summed E-state index contributed by atoms with van der Waals surface area (Å²) in [5, 5.41) is 2.92. The van der Waals surface area contributed by atoms with Gasteiger partial charge in [-0.3, -0.25) is 9.78 Å². The number of nitrogens with zero attached hydrogens (tertiary/aromatic N) is 1. The molecule has 0 saturated heterocycles. The van der Waals surface area contributed by atoms with Crippen LogP contribution in [0.5, 0.6) is 0 Å². The molecule has 2 rings (SSSR count). The van der Waals surface area contributed by atoms with Crippen molar-refractivity contribution in [2.24, 2.45) is 0 Å². The maximum Gasteiger partial charge on any atom is 0.251 e. The van der Waals surface area contributed by atoms with E-state index in [2.05, 4.69) is 10.3 Å². The van der Waals surface area contributed by atoms with Crippen LogP contribution in [0.1, 0.15) is 21.6 Å². The zero-order chi connectivity index (χ0) is 14.9. The number of aromatic nitrogens is 1. The number of hydrogen-bond acceptors (Lipinski definition) is 2. The topological polar surface area (TPSA) is 42.0 Å². The first-order valence-electron chi connectivity index (χ1n) is 6.84. The van der Waals surface area contributed by atoms with E-state index >= 15 is 0 Å². The molecule has 0 radical (unpaired) electrons. The number of rotatable bonds is 3. The van der Waals surface area contributed by atoms with E-state index in [1.165, 1.54) is 0 Å². The molecular weight excluding hydrogens is 260 g/mol. The molecule has 21 heavy (non-hydrogen) atoms. The third-order valence-corrected chi connectivity index (χ3v) is 2.92. The summed E-state index contributed by atoms with van der Waals surface area (Å²) in [6, 6.07) is 20.8. The smallest absolute Gasteiger partial charge is 0.251 e. The van der Waals surface area contributed by atoms with Gasteiger partial charge in [0.25, 0.3) is 5.91 Å². The first-order valence-corrected chi connectivity index (χ1v) is 6.84. The van der Waals surface area contributed by atoms with Crippen molar-refractivity contribution in [1.82, 2.24) is 10.3 Å². The number of nitrogens with one attached hydrogen (secondary N) is 1. The highest BCUT2D eigenvalue weighted by atomic mass is 16.1. The van der Waals surface area contributed by atoms with Gasteiger partial charge in [-0.2, -0.15) is 0 Å². The molecular formula is C18H18N2O. The fourth-order valence-corrected chi connectivity index (χ4v) is 1.77. The van der Waals surface area contributed by atoms with Crippen LogP contribution in [0, 0.1) is 6.92 Å². The molecule has 3 heteroatoms. The number of benzene rings is 1. The molecule has 106 valence electrons. The maximum absolute atomic E-state index is 12.2. The lowest BCUT2D eigenvalue weighted by molar-refractivity contribution is 0.0951. The van der Waals surface area contributed by atoms with Crippen LogP contribution in [0.4, 0.5) is 0 Å². The van der Waals surface area contributed by atoms with Crippen molar-refractivity contribution in [3.8, 4) is 0 Å². The quantitative estimate of drug-likeness (QED) is 0.934. The van der Waals surface area contributed by atoms with Crippen molar-refractivity contribution in [2.45, 2.75) is 13.5 Å². The lowest BCUT2D eigenvalue weighted by Gasteiger charge is -2.04. The van der Waals surface area contributed by atoms with Crippen molar-refractivity contribution >= 4 is 5.91 Å². The molecule has 1 aromatic carbocycles. The summed E-state index contributed by atoms with van der Waals surface area (Å²) < 4.78 is 0. The Bertz CT molecular complexity index is 652. The number of amides is 1. The Morgan fingerprint density at radius 3 is 2.48 bits per heavy atom. The van der Waals surface area contributed by atoms with Crippen molar-refractivity contribution in [2.75, 3.05) is 0 Å². The summed E-state index contributed by atoms with van der Waals surface area (Å²) in [5.41, 5.74) is 2.53. The Morgan fingerprint density at radius 2 is 1.67 bits per heavy atom. The second-order valence-electron chi connectivity index (χ2n) is 4.62. The molecule has 0 aliphatic heterocycles. The van der Waals surface area contributed by atoms with Gasteiger partial charge in [-0.1, -0.05) is 42.5 Å². The molecule has 2 aromatic rings. The summed E-state index contributed by atoms with van der Waals surface area (Å²) in [5.74, 6) is -0.0999. The summed E-state index contributed by atoms with van der Waals surface area (Å²) in [7, 11) is 0. The molecule has 3 nitrogen and oxygen atoms in total. The zero-order valence-electron chi connectivity index (χ0n) is 12.0. The van der Waals surface area contributed by atoms with E-state index in [0.717, 1.165) is 11.3 Å². The average Bonchev–Trinajstić information content (AvgIpc) is 2.52. The van der Waals surface area contributed by atoms with Crippen LogP contribution in [-0.4, -0.2) is 10.9 Å². The third kappa shape index (κ3) is 5.07. The molecule has 0 spiro atoms. The summed E-state index contributed by atoms with van der Waals surface area (Å²) >= 11 is 0. The van der Waals surface area contributed by atoms with Crippen LogP contribution in [0.3, 0.4) is 0 Å². The van der Waals surface area contributed by atoms with Crippen LogP contribution < -0.4 is 5.32 Å². The minimum atomic E-state index is -0.0999. The SMILES string of the molecule is Cc1ccc(C(=O)NCc2ccccc2)cccccn1. The Balaban J connectivity index is 2.15. The average molecular weight is 278 g/mol. The minimum Gasteiger partial charge on any atom is -0.348 e. The van der Waals surface area contributed by atoms with E-state index in [1.54, 1.807) is 18.3 Å². The van der Waals surface area contributed by atoms with Crippen LogP contribution in [-0.2, 0) is 6.54 Å². The van der Waals surface area contributed by atoms with Gasteiger partial charge in [0.05, 0.1) is 0 Å². The number of carbonyl (C=O) groups is 1. The molecule has 0 aliphatic rings. The monoisotopic (exact) mass is 278 g/mol. The normalized spacial score (nSPS) is 9.57. The van der Waals surface area contributed by atoms with Gasteiger partial charge in [-0.15, -0.1) is 0 Å². The highest BCUT2D eigenvalue weighted by Crippen LogP contribution is 2.00. The number of carbonyl (C=O) groups excluding carboxylic acids is 1. The van der Waals surface area contributed by atoms with Gasteiger partial charge in [0, 0.05) is 24.0 Å². The van der Waals surface area contributed by atoms with E-state index in [-0.39, 0.29) is 5.91 Å². The standard InChI is InChI=1S/C18H18N2O/c1-15-11-12-17(10-6-3-7-13-19-15)18(21)20-14-16-8-4-2-5-9-16/h2-13H,14H2,1H3,(H,20,21). The lowest BCUT2D eigenvalue weighted by atomic mass is 10.2. The highest BCUT2D eigenvalue weighted by molar-refractivity contribution is 5.93.